The maximum absolute atomic E-state index is 13.4. The third kappa shape index (κ3) is 17.2. The number of aliphatic hydroxyl groups excluding tert-OH is 1. The molecule has 2 unspecified atom stereocenters. The Kier molecular flexibility index (Phi) is 26.7. The molecule has 2 atom stereocenters. The Morgan fingerprint density at radius 1 is 0.580 bits per heavy atom. The molecule has 0 aromatic heterocycles. The number of Topliss-reactive ketones (excluding diaryl/α,β-unsaturated/α-hetero) is 4. The predicted molar refractivity (Wildman–Crippen MR) is 204 cm³/mol. The Bertz CT molecular complexity index is 941. The molecule has 0 amide bonds. The zero-order valence-electron chi connectivity index (χ0n) is 32.3. The van der Waals surface area contributed by atoms with Crippen LogP contribution < -0.4 is 0 Å². The first kappa shape index (κ1) is 46.3. The fourth-order valence-electron chi connectivity index (χ4n) is 7.31. The topological polar surface area (TPSA) is 129 Å². The van der Waals surface area contributed by atoms with Gasteiger partial charge in [0.05, 0.1) is 0 Å². The van der Waals surface area contributed by atoms with E-state index in [1.54, 1.807) is 0 Å². The molecule has 0 bridgehead atoms. The number of unbranched alkanes of at least 4 members (excludes halogenated alkanes) is 25. The van der Waals surface area contributed by atoms with Crippen LogP contribution in [0.1, 0.15) is 219 Å². The average molecular weight is 705 g/mol. The number of carbonyl (C=O) groups is 4. The molecule has 0 aromatic carbocycles. The smallest absolute Gasteiger partial charge is 0.220 e. The largest absolute Gasteiger partial charge is 0.382 e. The first-order valence-corrected chi connectivity index (χ1v) is 21.1. The van der Waals surface area contributed by atoms with Crippen LogP contribution in [0.4, 0.5) is 0 Å². The summed E-state index contributed by atoms with van der Waals surface area (Å²) in [6.07, 6.45) is 32.6. The summed E-state index contributed by atoms with van der Waals surface area (Å²) in [6, 6.07) is 0. The molecule has 1 aliphatic rings. The first-order valence-electron chi connectivity index (χ1n) is 21.1. The second-order valence-corrected chi connectivity index (χ2v) is 15.1. The van der Waals surface area contributed by atoms with Crippen molar-refractivity contribution in [2.24, 2.45) is 0 Å². The molecule has 0 aliphatic heterocycles. The Morgan fingerprint density at radius 2 is 0.900 bits per heavy atom. The Labute approximate surface area is 305 Å². The van der Waals surface area contributed by atoms with Crippen LogP contribution in [-0.4, -0.2) is 55.8 Å². The number of allylic oxidation sites excluding steroid dienone is 2. The van der Waals surface area contributed by atoms with Crippen molar-refractivity contribution in [3.63, 3.8) is 0 Å². The molecule has 7 heteroatoms. The van der Waals surface area contributed by atoms with E-state index in [0.717, 1.165) is 57.8 Å². The van der Waals surface area contributed by atoms with Crippen LogP contribution in [-0.2, 0) is 19.2 Å². The number of aliphatic hydroxyl groups is 3. The Balaban J connectivity index is 2.38. The van der Waals surface area contributed by atoms with Gasteiger partial charge in [0.1, 0.15) is 0 Å². The summed E-state index contributed by atoms with van der Waals surface area (Å²) in [6.45, 7) is 4.46. The van der Waals surface area contributed by atoms with Crippen molar-refractivity contribution in [3.05, 3.63) is 12.2 Å². The van der Waals surface area contributed by atoms with E-state index in [1.165, 1.54) is 103 Å². The molecule has 1 fully saturated rings. The highest BCUT2D eigenvalue weighted by Crippen LogP contribution is 2.38. The van der Waals surface area contributed by atoms with E-state index in [4.69, 9.17) is 0 Å². The van der Waals surface area contributed by atoms with Crippen LogP contribution in [0, 0.1) is 0 Å². The van der Waals surface area contributed by atoms with Crippen LogP contribution in [0.15, 0.2) is 12.2 Å². The lowest BCUT2D eigenvalue weighted by Gasteiger charge is -2.40. The average Bonchev–Trinajstić information content (AvgIpc) is 3.38. The van der Waals surface area contributed by atoms with E-state index in [1.807, 2.05) is 0 Å². The minimum Gasteiger partial charge on any atom is -0.382 e. The van der Waals surface area contributed by atoms with Gasteiger partial charge in [-0.1, -0.05) is 167 Å². The zero-order chi connectivity index (χ0) is 36.9. The normalized spacial score (nSPS) is 16.3. The van der Waals surface area contributed by atoms with Crippen LogP contribution >= 0.6 is 0 Å². The zero-order valence-corrected chi connectivity index (χ0v) is 32.3. The lowest BCUT2D eigenvalue weighted by atomic mass is 9.70. The molecular formula is C43H76O7. The molecule has 0 radical (unpaired) electrons. The second-order valence-electron chi connectivity index (χ2n) is 15.1. The number of ketones is 4. The highest BCUT2D eigenvalue weighted by atomic mass is 16.4. The van der Waals surface area contributed by atoms with Crippen molar-refractivity contribution < 1.29 is 34.5 Å². The van der Waals surface area contributed by atoms with E-state index in [-0.39, 0.29) is 25.7 Å². The van der Waals surface area contributed by atoms with Gasteiger partial charge in [0.15, 0.2) is 34.8 Å². The highest BCUT2D eigenvalue weighted by Gasteiger charge is 2.69. The van der Waals surface area contributed by atoms with E-state index >= 15 is 0 Å². The van der Waals surface area contributed by atoms with Crippen molar-refractivity contribution >= 4 is 23.1 Å². The maximum atomic E-state index is 13.4. The van der Waals surface area contributed by atoms with Crippen LogP contribution in [0.3, 0.4) is 0 Å². The van der Waals surface area contributed by atoms with Gasteiger partial charge in [0.25, 0.3) is 0 Å². The van der Waals surface area contributed by atoms with Crippen molar-refractivity contribution in [3.8, 4) is 0 Å². The molecule has 0 spiro atoms. The van der Waals surface area contributed by atoms with Gasteiger partial charge >= 0.3 is 0 Å². The van der Waals surface area contributed by atoms with Gasteiger partial charge in [-0.25, -0.2) is 0 Å². The van der Waals surface area contributed by atoms with Gasteiger partial charge in [-0.15, -0.1) is 0 Å². The summed E-state index contributed by atoms with van der Waals surface area (Å²) < 4.78 is 0. The van der Waals surface area contributed by atoms with Gasteiger partial charge in [0, 0.05) is 25.7 Å². The van der Waals surface area contributed by atoms with Gasteiger partial charge < -0.3 is 15.3 Å². The molecule has 1 rings (SSSR count). The summed E-state index contributed by atoms with van der Waals surface area (Å²) in [5.41, 5.74) is -6.25. The number of rotatable bonds is 35. The third-order valence-electron chi connectivity index (χ3n) is 10.8. The number of hydrogen-bond acceptors (Lipinski definition) is 7. The van der Waals surface area contributed by atoms with Crippen molar-refractivity contribution in [2.75, 3.05) is 0 Å². The fraction of sp³-hybridized carbons (Fsp3) is 0.860. The monoisotopic (exact) mass is 705 g/mol. The minimum atomic E-state index is -3.16. The molecule has 1 saturated carbocycles. The maximum Gasteiger partial charge on any atom is 0.220 e. The quantitative estimate of drug-likeness (QED) is 0.0340. The first-order chi connectivity index (χ1) is 24.2. The SMILES string of the molecule is CCCCCC/C=C\CCCCCCCC(=O)C(O)(C(O)C(=O)CCCCCCCCCCCCCCCCCCC)C1(O)C(=O)CCC1=O. The highest BCUT2D eigenvalue weighted by molar-refractivity contribution is 6.21. The van der Waals surface area contributed by atoms with Crippen molar-refractivity contribution in [1.29, 1.82) is 0 Å². The molecule has 7 nitrogen and oxygen atoms in total. The van der Waals surface area contributed by atoms with E-state index in [2.05, 4.69) is 26.0 Å². The fourth-order valence-corrected chi connectivity index (χ4v) is 7.31. The van der Waals surface area contributed by atoms with Crippen molar-refractivity contribution in [2.45, 2.75) is 237 Å². The van der Waals surface area contributed by atoms with Crippen LogP contribution in [0.5, 0.6) is 0 Å². The van der Waals surface area contributed by atoms with Crippen LogP contribution in [0.25, 0.3) is 0 Å². The summed E-state index contributed by atoms with van der Waals surface area (Å²) in [5.74, 6) is -3.86. The molecule has 0 heterocycles. The minimum absolute atomic E-state index is 0.0962. The third-order valence-corrected chi connectivity index (χ3v) is 10.8. The molecule has 0 aromatic rings. The summed E-state index contributed by atoms with van der Waals surface area (Å²) in [4.78, 5) is 51.8. The molecule has 1 aliphatic carbocycles. The van der Waals surface area contributed by atoms with E-state index in [9.17, 15) is 34.5 Å². The van der Waals surface area contributed by atoms with E-state index in [0.29, 0.717) is 19.3 Å². The molecule has 3 N–H and O–H groups in total. The number of carbonyl (C=O) groups excluding carboxylic acids is 4. The molecule has 290 valence electrons. The van der Waals surface area contributed by atoms with Gasteiger partial charge in [-0.2, -0.15) is 0 Å². The van der Waals surface area contributed by atoms with Gasteiger partial charge in [0.2, 0.25) is 5.60 Å². The number of hydrogen-bond donors (Lipinski definition) is 3. The molecule has 50 heavy (non-hydrogen) atoms. The Morgan fingerprint density at radius 3 is 1.30 bits per heavy atom. The molecular weight excluding hydrogens is 628 g/mol. The van der Waals surface area contributed by atoms with Crippen molar-refractivity contribution in [1.82, 2.24) is 0 Å². The predicted octanol–water partition coefficient (Wildman–Crippen LogP) is 10.2. The molecule has 0 saturated heterocycles. The van der Waals surface area contributed by atoms with Crippen LogP contribution in [0.2, 0.25) is 0 Å². The summed E-state index contributed by atoms with van der Waals surface area (Å²) in [5, 5.41) is 33.7. The summed E-state index contributed by atoms with van der Waals surface area (Å²) in [7, 11) is 0. The lowest BCUT2D eigenvalue weighted by Crippen LogP contribution is -2.72. The summed E-state index contributed by atoms with van der Waals surface area (Å²) >= 11 is 0. The second kappa shape index (κ2) is 28.8. The van der Waals surface area contributed by atoms with Gasteiger partial charge in [-0.05, 0) is 38.5 Å². The standard InChI is InChI=1S/C43H76O7/c1-3-5-7-9-11-13-15-17-18-19-20-22-23-25-27-29-31-33-37(44)41(48)43(50,42(49)39(46)35-36-40(42)47)38(45)34-32-30-28-26-24-21-16-14-12-10-8-6-4-2/h14,16,41,48-50H,3-13,15,17-36H2,1-2H3/b16-14-. The van der Waals surface area contributed by atoms with E-state index < -0.39 is 40.4 Å². The Hall–Kier alpha value is -1.70. The lowest BCUT2D eigenvalue weighted by molar-refractivity contribution is -0.202. The van der Waals surface area contributed by atoms with Gasteiger partial charge in [-0.3, -0.25) is 19.2 Å².